The summed E-state index contributed by atoms with van der Waals surface area (Å²) in [5.74, 6) is 0.606. The molecule has 0 aromatic carbocycles. The third-order valence-electron chi connectivity index (χ3n) is 3.19. The Morgan fingerprint density at radius 2 is 2.38 bits per heavy atom. The number of ketones is 1. The van der Waals surface area contributed by atoms with Gasteiger partial charge >= 0.3 is 5.97 Å². The smallest absolute Gasteiger partial charge is 0.305 e. The summed E-state index contributed by atoms with van der Waals surface area (Å²) in [6, 6.07) is 0. The molecule has 2 atom stereocenters. The number of hydrogen-bond acceptors (Lipinski definition) is 3. The van der Waals surface area contributed by atoms with Crippen LogP contribution in [0.5, 0.6) is 0 Å². The maximum Gasteiger partial charge on any atom is 0.305 e. The lowest BCUT2D eigenvalue weighted by Crippen LogP contribution is -2.15. The van der Waals surface area contributed by atoms with E-state index in [0.717, 1.165) is 19.3 Å². The molecule has 3 nitrogen and oxygen atoms in total. The largest absolute Gasteiger partial charge is 0.466 e. The molecule has 0 amide bonds. The van der Waals surface area contributed by atoms with Crippen LogP contribution in [0.4, 0.5) is 0 Å². The topological polar surface area (TPSA) is 43.4 Å². The molecule has 16 heavy (non-hydrogen) atoms. The molecule has 0 heterocycles. The summed E-state index contributed by atoms with van der Waals surface area (Å²) in [4.78, 5) is 22.8. The second-order valence-corrected chi connectivity index (χ2v) is 4.24. The zero-order valence-corrected chi connectivity index (χ0v) is 9.91. The van der Waals surface area contributed by atoms with Crippen molar-refractivity contribution in [1.82, 2.24) is 0 Å². The van der Waals surface area contributed by atoms with Crippen molar-refractivity contribution in [3.63, 3.8) is 0 Å². The van der Waals surface area contributed by atoms with Gasteiger partial charge in [-0.15, -0.1) is 6.58 Å². The molecule has 0 N–H and O–H groups in total. The van der Waals surface area contributed by atoms with Crippen molar-refractivity contribution in [2.45, 2.75) is 39.0 Å². The van der Waals surface area contributed by atoms with Crippen LogP contribution in [0, 0.1) is 11.8 Å². The molecule has 0 saturated heterocycles. The molecule has 0 bridgehead atoms. The molecule has 0 radical (unpaired) electrons. The van der Waals surface area contributed by atoms with Crippen LogP contribution in [0.2, 0.25) is 0 Å². The molecule has 1 saturated carbocycles. The molecule has 0 aromatic heterocycles. The predicted molar refractivity (Wildman–Crippen MR) is 61.9 cm³/mol. The highest BCUT2D eigenvalue weighted by atomic mass is 16.5. The lowest BCUT2D eigenvalue weighted by Gasteiger charge is -2.15. The Kier molecular flexibility index (Phi) is 5.23. The zero-order valence-electron chi connectivity index (χ0n) is 9.91. The van der Waals surface area contributed by atoms with Crippen molar-refractivity contribution in [3.05, 3.63) is 12.7 Å². The molecule has 90 valence electrons. The SMILES string of the molecule is C=CC[C@@H]1C(=O)CC[C@H]1CCC(=O)OCC. The number of carbonyl (C=O) groups excluding carboxylic acids is 2. The van der Waals surface area contributed by atoms with Crippen molar-refractivity contribution >= 4 is 11.8 Å². The van der Waals surface area contributed by atoms with E-state index in [9.17, 15) is 9.59 Å². The fourth-order valence-electron chi connectivity index (χ4n) is 2.36. The van der Waals surface area contributed by atoms with Crippen LogP contribution in [0.1, 0.15) is 39.0 Å². The average Bonchev–Trinajstić information content (AvgIpc) is 2.59. The third-order valence-corrected chi connectivity index (χ3v) is 3.19. The Morgan fingerprint density at radius 1 is 1.62 bits per heavy atom. The van der Waals surface area contributed by atoms with Crippen LogP contribution < -0.4 is 0 Å². The second-order valence-electron chi connectivity index (χ2n) is 4.24. The van der Waals surface area contributed by atoms with Crippen molar-refractivity contribution < 1.29 is 14.3 Å². The molecule has 1 aliphatic carbocycles. The van der Waals surface area contributed by atoms with Gasteiger partial charge in [-0.25, -0.2) is 0 Å². The molecule has 1 aliphatic rings. The van der Waals surface area contributed by atoms with Gasteiger partial charge in [-0.1, -0.05) is 6.08 Å². The standard InChI is InChI=1S/C13H20O3/c1-3-5-11-10(6-8-12(11)14)7-9-13(15)16-4-2/h3,10-11H,1,4-9H2,2H3/t10-,11-/m0/s1. The number of hydrogen-bond donors (Lipinski definition) is 0. The quantitative estimate of drug-likeness (QED) is 0.514. The molecular weight excluding hydrogens is 204 g/mol. The number of allylic oxidation sites excluding steroid dienone is 1. The van der Waals surface area contributed by atoms with Crippen molar-refractivity contribution in [2.75, 3.05) is 6.61 Å². The van der Waals surface area contributed by atoms with Gasteiger partial charge < -0.3 is 4.74 Å². The third kappa shape index (κ3) is 3.47. The van der Waals surface area contributed by atoms with Gasteiger partial charge in [0, 0.05) is 18.8 Å². The summed E-state index contributed by atoms with van der Waals surface area (Å²) in [6.45, 7) is 5.91. The van der Waals surface area contributed by atoms with E-state index < -0.39 is 0 Å². The number of rotatable bonds is 6. The van der Waals surface area contributed by atoms with Crippen LogP contribution >= 0.6 is 0 Å². The Labute approximate surface area is 96.9 Å². The van der Waals surface area contributed by atoms with E-state index in [1.54, 1.807) is 13.0 Å². The highest BCUT2D eigenvalue weighted by Gasteiger charge is 2.33. The summed E-state index contributed by atoms with van der Waals surface area (Å²) in [5.41, 5.74) is 0. The Bertz CT molecular complexity index is 270. The van der Waals surface area contributed by atoms with Crippen LogP contribution in [-0.4, -0.2) is 18.4 Å². The molecule has 1 rings (SSSR count). The lowest BCUT2D eigenvalue weighted by molar-refractivity contribution is -0.143. The minimum atomic E-state index is -0.154. The van der Waals surface area contributed by atoms with E-state index in [1.165, 1.54) is 0 Å². The van der Waals surface area contributed by atoms with Gasteiger partial charge in [0.25, 0.3) is 0 Å². The van der Waals surface area contributed by atoms with Gasteiger partial charge in [0.05, 0.1) is 6.61 Å². The van der Waals surface area contributed by atoms with Crippen LogP contribution in [0.3, 0.4) is 0 Å². The fraction of sp³-hybridized carbons (Fsp3) is 0.692. The summed E-state index contributed by atoms with van der Waals surface area (Å²) < 4.78 is 4.88. The van der Waals surface area contributed by atoms with Crippen LogP contribution in [0.25, 0.3) is 0 Å². The van der Waals surface area contributed by atoms with Crippen molar-refractivity contribution in [1.29, 1.82) is 0 Å². The molecule has 0 aromatic rings. The zero-order chi connectivity index (χ0) is 12.0. The molecule has 0 unspecified atom stereocenters. The summed E-state index contributed by atoms with van der Waals surface area (Å²) >= 11 is 0. The van der Waals surface area contributed by atoms with Gasteiger partial charge in [-0.2, -0.15) is 0 Å². The first-order valence-electron chi connectivity index (χ1n) is 5.98. The number of ether oxygens (including phenoxy) is 1. The summed E-state index contributed by atoms with van der Waals surface area (Å²) in [6.07, 6.45) is 5.31. The molecule has 0 spiro atoms. The van der Waals surface area contributed by atoms with Gasteiger partial charge in [0.2, 0.25) is 0 Å². The van der Waals surface area contributed by atoms with Crippen molar-refractivity contribution in [2.24, 2.45) is 11.8 Å². The number of Topliss-reactive ketones (excluding diaryl/α,β-unsaturated/α-hetero) is 1. The average molecular weight is 224 g/mol. The Morgan fingerprint density at radius 3 is 3.00 bits per heavy atom. The first-order chi connectivity index (χ1) is 7.69. The highest BCUT2D eigenvalue weighted by Crippen LogP contribution is 2.34. The van der Waals surface area contributed by atoms with Gasteiger partial charge in [-0.3, -0.25) is 9.59 Å². The first kappa shape index (κ1) is 12.9. The van der Waals surface area contributed by atoms with E-state index in [0.29, 0.717) is 31.1 Å². The molecule has 0 aliphatic heterocycles. The van der Waals surface area contributed by atoms with Crippen LogP contribution in [0.15, 0.2) is 12.7 Å². The van der Waals surface area contributed by atoms with E-state index in [4.69, 9.17) is 4.74 Å². The molecule has 1 fully saturated rings. The first-order valence-corrected chi connectivity index (χ1v) is 5.98. The number of esters is 1. The molecular formula is C13H20O3. The minimum absolute atomic E-state index is 0.0897. The van der Waals surface area contributed by atoms with Gasteiger partial charge in [0.15, 0.2) is 0 Å². The van der Waals surface area contributed by atoms with E-state index in [-0.39, 0.29) is 11.9 Å². The lowest BCUT2D eigenvalue weighted by atomic mass is 9.89. The van der Waals surface area contributed by atoms with E-state index in [2.05, 4.69) is 6.58 Å². The van der Waals surface area contributed by atoms with E-state index >= 15 is 0 Å². The van der Waals surface area contributed by atoms with E-state index in [1.807, 2.05) is 0 Å². The van der Waals surface area contributed by atoms with Gasteiger partial charge in [-0.05, 0) is 32.1 Å². The monoisotopic (exact) mass is 224 g/mol. The normalized spacial score (nSPS) is 24.4. The van der Waals surface area contributed by atoms with Gasteiger partial charge in [0.1, 0.15) is 5.78 Å². The Balaban J connectivity index is 2.38. The highest BCUT2D eigenvalue weighted by molar-refractivity contribution is 5.83. The molecule has 3 heteroatoms. The maximum atomic E-state index is 11.6. The fourth-order valence-corrected chi connectivity index (χ4v) is 2.36. The van der Waals surface area contributed by atoms with Crippen LogP contribution in [-0.2, 0) is 14.3 Å². The predicted octanol–water partition coefficient (Wildman–Crippen LogP) is 2.50. The van der Waals surface area contributed by atoms with Crippen molar-refractivity contribution in [3.8, 4) is 0 Å². The number of carbonyl (C=O) groups is 2. The maximum absolute atomic E-state index is 11.6. The second kappa shape index (κ2) is 6.46. The summed E-state index contributed by atoms with van der Waals surface area (Å²) in [7, 11) is 0. The Hall–Kier alpha value is -1.12. The minimum Gasteiger partial charge on any atom is -0.466 e. The summed E-state index contributed by atoms with van der Waals surface area (Å²) in [5, 5.41) is 0.